The molecule has 1 aromatic heterocycles. The SMILES string of the molecule is C[C@@H](C(=O)Nc1ccc(Cl)c(OCCCNc2cccc3c2C(=O)N(C2CCC(=O)NC2=O)C3=O)c1)[C@H]1CC[C@@H](c2ccnc3ccc(F)cc32)CC1. The van der Waals surface area contributed by atoms with Crippen LogP contribution in [0.4, 0.5) is 15.8 Å². The van der Waals surface area contributed by atoms with Crippen LogP contribution < -0.4 is 20.7 Å². The normalized spacial score (nSPS) is 20.6. The highest BCUT2D eigenvalue weighted by Crippen LogP contribution is 2.41. The number of imide groups is 2. The van der Waals surface area contributed by atoms with Crippen LogP contribution in [0.25, 0.3) is 10.9 Å². The summed E-state index contributed by atoms with van der Waals surface area (Å²) in [6.45, 7) is 2.63. The van der Waals surface area contributed by atoms with E-state index in [-0.39, 0.29) is 60.1 Å². The Balaban J connectivity index is 0.895. The molecule has 2 atom stereocenters. The lowest BCUT2D eigenvalue weighted by atomic mass is 9.73. The standard InChI is InChI=1S/C40H39ClFN5O6/c1-22(23-6-8-24(9-7-23)27-16-18-44-31-13-10-25(42)20-29(27)31)37(49)45-26-11-12-30(41)34(21-26)53-19-3-17-43-32-5-2-4-28-36(32)40(52)47(39(28)51)33-14-15-35(48)46-38(33)50/h2,4-5,10-13,16,18,20-24,33,43H,3,6-9,14-15,17,19H2,1H3,(H,45,49)(H,46,48,50)/t22-,23-,24+,33?/m1/s1. The van der Waals surface area contributed by atoms with Crippen LogP contribution in [0.3, 0.4) is 0 Å². The monoisotopic (exact) mass is 739 g/mol. The van der Waals surface area contributed by atoms with Gasteiger partial charge in [0.05, 0.1) is 28.3 Å². The molecule has 2 aliphatic heterocycles. The first-order chi connectivity index (χ1) is 25.6. The van der Waals surface area contributed by atoms with Crippen LogP contribution in [0.15, 0.2) is 66.9 Å². The predicted octanol–water partition coefficient (Wildman–Crippen LogP) is 6.86. The molecule has 0 radical (unpaired) electrons. The number of carbonyl (C=O) groups is 5. The highest BCUT2D eigenvalue weighted by molar-refractivity contribution is 6.32. The molecule has 274 valence electrons. The number of hydrogen-bond acceptors (Lipinski definition) is 8. The quantitative estimate of drug-likeness (QED) is 0.112. The topological polar surface area (TPSA) is 147 Å². The number of pyridine rings is 1. The summed E-state index contributed by atoms with van der Waals surface area (Å²) in [6.07, 6.45) is 6.01. The molecule has 53 heavy (non-hydrogen) atoms. The van der Waals surface area contributed by atoms with E-state index in [1.165, 1.54) is 6.07 Å². The molecule has 13 heteroatoms. The molecule has 1 saturated carbocycles. The van der Waals surface area contributed by atoms with Gasteiger partial charge in [-0.15, -0.1) is 0 Å². The minimum absolute atomic E-state index is 0.0475. The molecule has 1 unspecified atom stereocenters. The molecule has 3 N–H and O–H groups in total. The molecule has 11 nitrogen and oxygen atoms in total. The van der Waals surface area contributed by atoms with Crippen molar-refractivity contribution in [1.29, 1.82) is 0 Å². The number of fused-ring (bicyclic) bond motifs is 2. The maximum absolute atomic E-state index is 14.0. The number of amides is 5. The van der Waals surface area contributed by atoms with E-state index in [1.807, 2.05) is 13.0 Å². The summed E-state index contributed by atoms with van der Waals surface area (Å²) in [7, 11) is 0. The first-order valence-electron chi connectivity index (χ1n) is 17.9. The molecule has 0 bridgehead atoms. The van der Waals surface area contributed by atoms with Gasteiger partial charge < -0.3 is 15.4 Å². The third-order valence-electron chi connectivity index (χ3n) is 10.6. The first-order valence-corrected chi connectivity index (χ1v) is 18.3. The Morgan fingerprint density at radius 3 is 2.62 bits per heavy atom. The number of hydrogen-bond donors (Lipinski definition) is 3. The van der Waals surface area contributed by atoms with Gasteiger partial charge in [-0.25, -0.2) is 4.39 Å². The van der Waals surface area contributed by atoms with E-state index < -0.39 is 29.7 Å². The predicted molar refractivity (Wildman–Crippen MR) is 197 cm³/mol. The van der Waals surface area contributed by atoms with Gasteiger partial charge in [0.2, 0.25) is 17.7 Å². The van der Waals surface area contributed by atoms with Gasteiger partial charge in [-0.05, 0) is 104 Å². The summed E-state index contributed by atoms with van der Waals surface area (Å²) in [6, 6.07) is 15.7. The molecule has 3 aliphatic rings. The number of anilines is 2. The van der Waals surface area contributed by atoms with Crippen molar-refractivity contribution >= 4 is 63.4 Å². The third kappa shape index (κ3) is 7.46. The van der Waals surface area contributed by atoms with Crippen LogP contribution in [0.2, 0.25) is 5.02 Å². The zero-order valence-electron chi connectivity index (χ0n) is 29.1. The van der Waals surface area contributed by atoms with Gasteiger partial charge >= 0.3 is 0 Å². The minimum atomic E-state index is -1.04. The van der Waals surface area contributed by atoms with Crippen molar-refractivity contribution in [2.75, 3.05) is 23.8 Å². The Labute approximate surface area is 310 Å². The van der Waals surface area contributed by atoms with Crippen molar-refractivity contribution in [3.05, 3.63) is 94.4 Å². The number of aromatic nitrogens is 1. The second-order valence-corrected chi connectivity index (χ2v) is 14.3. The average molecular weight is 740 g/mol. The molecule has 2 fully saturated rings. The highest BCUT2D eigenvalue weighted by Gasteiger charge is 2.45. The fraction of sp³-hybridized carbons (Fsp3) is 0.350. The maximum Gasteiger partial charge on any atom is 0.264 e. The van der Waals surface area contributed by atoms with E-state index in [2.05, 4.69) is 20.9 Å². The first kappa shape index (κ1) is 36.0. The Morgan fingerprint density at radius 2 is 1.83 bits per heavy atom. The van der Waals surface area contributed by atoms with Gasteiger partial charge in [-0.2, -0.15) is 0 Å². The summed E-state index contributed by atoms with van der Waals surface area (Å²) in [5.74, 6) is -1.89. The second-order valence-electron chi connectivity index (χ2n) is 13.9. The largest absolute Gasteiger partial charge is 0.492 e. The maximum atomic E-state index is 14.0. The fourth-order valence-corrected chi connectivity index (χ4v) is 7.90. The molecule has 7 rings (SSSR count). The zero-order valence-corrected chi connectivity index (χ0v) is 29.9. The highest BCUT2D eigenvalue weighted by atomic mass is 35.5. The Hall–Kier alpha value is -5.36. The number of carbonyl (C=O) groups excluding carboxylic acids is 5. The molecule has 5 amide bonds. The van der Waals surface area contributed by atoms with Gasteiger partial charge in [0, 0.05) is 47.9 Å². The lowest BCUT2D eigenvalue weighted by molar-refractivity contribution is -0.136. The number of nitrogens with one attached hydrogen (secondary N) is 3. The summed E-state index contributed by atoms with van der Waals surface area (Å²) in [5, 5.41) is 9.67. The van der Waals surface area contributed by atoms with Crippen LogP contribution in [0.5, 0.6) is 5.75 Å². The van der Waals surface area contributed by atoms with Crippen molar-refractivity contribution in [3.8, 4) is 5.75 Å². The average Bonchev–Trinajstić information content (AvgIpc) is 3.41. The molecule has 3 aromatic carbocycles. The van der Waals surface area contributed by atoms with Crippen LogP contribution in [-0.2, 0) is 14.4 Å². The van der Waals surface area contributed by atoms with Crippen molar-refractivity contribution in [1.82, 2.24) is 15.2 Å². The van der Waals surface area contributed by atoms with E-state index >= 15 is 0 Å². The van der Waals surface area contributed by atoms with E-state index in [9.17, 15) is 28.4 Å². The van der Waals surface area contributed by atoms with E-state index in [0.29, 0.717) is 35.1 Å². The second kappa shape index (κ2) is 15.3. The molecule has 3 heterocycles. The van der Waals surface area contributed by atoms with Gasteiger partial charge in [-0.3, -0.25) is 39.2 Å². The molecule has 1 aliphatic carbocycles. The van der Waals surface area contributed by atoms with Crippen LogP contribution >= 0.6 is 11.6 Å². The number of nitrogens with zero attached hydrogens (tertiary/aromatic N) is 2. The van der Waals surface area contributed by atoms with Gasteiger partial charge in [0.25, 0.3) is 11.8 Å². The molecular formula is C40H39ClFN5O6. The van der Waals surface area contributed by atoms with Crippen molar-refractivity contribution < 1.29 is 33.1 Å². The lowest BCUT2D eigenvalue weighted by Gasteiger charge is -2.32. The van der Waals surface area contributed by atoms with Gasteiger partial charge in [-0.1, -0.05) is 24.6 Å². The number of piperidine rings is 1. The van der Waals surface area contributed by atoms with Crippen molar-refractivity contribution in [2.24, 2.45) is 11.8 Å². The smallest absolute Gasteiger partial charge is 0.264 e. The van der Waals surface area contributed by atoms with E-state index in [1.54, 1.807) is 54.7 Å². The Bertz CT molecular complexity index is 2120. The third-order valence-corrected chi connectivity index (χ3v) is 10.9. The van der Waals surface area contributed by atoms with Crippen molar-refractivity contribution in [3.63, 3.8) is 0 Å². The summed E-state index contributed by atoms with van der Waals surface area (Å²) in [4.78, 5) is 69.1. The summed E-state index contributed by atoms with van der Waals surface area (Å²) < 4.78 is 20.0. The Morgan fingerprint density at radius 1 is 1.02 bits per heavy atom. The molecule has 4 aromatic rings. The fourth-order valence-electron chi connectivity index (χ4n) is 7.73. The molecule has 0 spiro atoms. The number of halogens is 2. The molecular weight excluding hydrogens is 701 g/mol. The van der Waals surface area contributed by atoms with Gasteiger partial charge in [0.15, 0.2) is 0 Å². The van der Waals surface area contributed by atoms with Gasteiger partial charge in [0.1, 0.15) is 17.6 Å². The minimum Gasteiger partial charge on any atom is -0.492 e. The van der Waals surface area contributed by atoms with Crippen LogP contribution in [0.1, 0.15) is 84.1 Å². The number of ether oxygens (including phenoxy) is 1. The number of rotatable bonds is 11. The van der Waals surface area contributed by atoms with E-state index in [0.717, 1.165) is 47.0 Å². The Kier molecular flexibility index (Phi) is 10.4. The zero-order chi connectivity index (χ0) is 37.2. The lowest BCUT2D eigenvalue weighted by Crippen LogP contribution is -2.54. The number of benzene rings is 3. The summed E-state index contributed by atoms with van der Waals surface area (Å²) in [5.41, 5.74) is 3.32. The van der Waals surface area contributed by atoms with Crippen LogP contribution in [-0.4, -0.2) is 58.6 Å². The summed E-state index contributed by atoms with van der Waals surface area (Å²) >= 11 is 6.43. The van der Waals surface area contributed by atoms with Crippen LogP contribution in [0, 0.1) is 17.7 Å². The van der Waals surface area contributed by atoms with E-state index in [4.69, 9.17) is 16.3 Å². The van der Waals surface area contributed by atoms with Crippen molar-refractivity contribution in [2.45, 2.75) is 63.8 Å². The molecule has 1 saturated heterocycles.